The van der Waals surface area contributed by atoms with Gasteiger partial charge in [-0.3, -0.25) is 0 Å². The van der Waals surface area contributed by atoms with Crippen molar-refractivity contribution in [2.45, 2.75) is 62.9 Å². The van der Waals surface area contributed by atoms with Crippen molar-refractivity contribution in [1.29, 1.82) is 0 Å². The fourth-order valence-corrected chi connectivity index (χ4v) is 3.66. The number of benzene rings is 1. The Morgan fingerprint density at radius 1 is 1.00 bits per heavy atom. The summed E-state index contributed by atoms with van der Waals surface area (Å²) >= 11 is 0. The van der Waals surface area contributed by atoms with Gasteiger partial charge in [0.15, 0.2) is 9.84 Å². The summed E-state index contributed by atoms with van der Waals surface area (Å²) in [7, 11) is -3.36. The second kappa shape index (κ2) is 9.14. The summed E-state index contributed by atoms with van der Waals surface area (Å²) in [5.41, 5.74) is 0. The molecule has 1 aromatic rings. The minimum absolute atomic E-state index is 0.175. The second-order valence-corrected chi connectivity index (χ2v) is 7.34. The molecule has 1 rings (SSSR count). The van der Waals surface area contributed by atoms with E-state index < -0.39 is 15.9 Å². The van der Waals surface area contributed by atoms with Crippen LogP contribution >= 0.6 is 0 Å². The van der Waals surface area contributed by atoms with Gasteiger partial charge in [0.1, 0.15) is 0 Å². The number of unbranched alkanes of at least 4 members (excludes halogenated alkanes) is 5. The molecule has 20 heavy (non-hydrogen) atoms. The number of aliphatic hydroxyl groups excluding tert-OH is 1. The van der Waals surface area contributed by atoms with E-state index in [0.29, 0.717) is 11.3 Å². The molecule has 0 saturated carbocycles. The smallest absolute Gasteiger partial charge is 0.180 e. The summed E-state index contributed by atoms with van der Waals surface area (Å²) in [5.74, 6) is -0.175. The fraction of sp³-hybridized carbons (Fsp3) is 0.625. The van der Waals surface area contributed by atoms with Gasteiger partial charge in [-0.2, -0.15) is 0 Å². The van der Waals surface area contributed by atoms with Crippen molar-refractivity contribution in [3.63, 3.8) is 0 Å². The van der Waals surface area contributed by atoms with E-state index in [1.165, 1.54) is 25.7 Å². The molecule has 0 heterocycles. The molecule has 1 aromatic carbocycles. The third-order valence-electron chi connectivity index (χ3n) is 3.41. The normalized spacial score (nSPS) is 13.3. The average molecular weight is 298 g/mol. The van der Waals surface area contributed by atoms with Gasteiger partial charge >= 0.3 is 0 Å². The van der Waals surface area contributed by atoms with Gasteiger partial charge in [-0.1, -0.05) is 63.6 Å². The van der Waals surface area contributed by atoms with Crippen molar-refractivity contribution < 1.29 is 13.5 Å². The maximum atomic E-state index is 12.1. The first-order valence-electron chi connectivity index (χ1n) is 7.52. The molecular formula is C16H26O3S. The highest BCUT2D eigenvalue weighted by Crippen LogP contribution is 2.14. The molecule has 0 amide bonds. The molecule has 4 heteroatoms. The molecule has 0 aliphatic rings. The average Bonchev–Trinajstić information content (AvgIpc) is 2.43. The SMILES string of the molecule is CCCCCCCC[C@H](O)CS(=O)(=O)c1ccccc1. The Morgan fingerprint density at radius 3 is 2.25 bits per heavy atom. The quantitative estimate of drug-likeness (QED) is 0.672. The van der Waals surface area contributed by atoms with Crippen molar-refractivity contribution in [1.82, 2.24) is 0 Å². The lowest BCUT2D eigenvalue weighted by atomic mass is 10.1. The van der Waals surface area contributed by atoms with Gasteiger partial charge in [-0.05, 0) is 18.6 Å². The fourth-order valence-electron chi connectivity index (χ4n) is 2.22. The molecular weight excluding hydrogens is 272 g/mol. The largest absolute Gasteiger partial charge is 0.392 e. The molecule has 1 atom stereocenters. The Kier molecular flexibility index (Phi) is 7.85. The van der Waals surface area contributed by atoms with Gasteiger partial charge in [-0.25, -0.2) is 8.42 Å². The Labute approximate surface area is 123 Å². The van der Waals surface area contributed by atoms with Gasteiger partial charge in [0.05, 0.1) is 16.8 Å². The van der Waals surface area contributed by atoms with E-state index in [1.807, 2.05) is 0 Å². The number of sulfone groups is 1. The number of rotatable bonds is 10. The minimum atomic E-state index is -3.36. The monoisotopic (exact) mass is 298 g/mol. The van der Waals surface area contributed by atoms with Crippen LogP contribution in [0, 0.1) is 0 Å². The third-order valence-corrected chi connectivity index (χ3v) is 5.22. The van der Waals surface area contributed by atoms with Crippen molar-refractivity contribution in [3.05, 3.63) is 30.3 Å². The molecule has 3 nitrogen and oxygen atoms in total. The maximum absolute atomic E-state index is 12.1. The minimum Gasteiger partial charge on any atom is -0.392 e. The van der Waals surface area contributed by atoms with Crippen molar-refractivity contribution in [3.8, 4) is 0 Å². The van der Waals surface area contributed by atoms with Gasteiger partial charge in [-0.15, -0.1) is 0 Å². The lowest BCUT2D eigenvalue weighted by molar-refractivity contribution is 0.182. The molecule has 0 bridgehead atoms. The van der Waals surface area contributed by atoms with Crippen LogP contribution in [0.3, 0.4) is 0 Å². The Balaban J connectivity index is 2.30. The molecule has 0 aliphatic heterocycles. The number of aliphatic hydroxyl groups is 1. The molecule has 0 fully saturated rings. The van der Waals surface area contributed by atoms with Crippen LogP contribution in [0.4, 0.5) is 0 Å². The van der Waals surface area contributed by atoms with Crippen LogP contribution in [0.25, 0.3) is 0 Å². The zero-order chi connectivity index (χ0) is 14.8. The van der Waals surface area contributed by atoms with E-state index >= 15 is 0 Å². The zero-order valence-corrected chi connectivity index (χ0v) is 13.1. The second-order valence-electron chi connectivity index (χ2n) is 5.30. The molecule has 0 spiro atoms. The van der Waals surface area contributed by atoms with Gasteiger partial charge in [0.2, 0.25) is 0 Å². The van der Waals surface area contributed by atoms with E-state index in [1.54, 1.807) is 30.3 Å². The first kappa shape index (κ1) is 17.2. The molecule has 0 aromatic heterocycles. The molecule has 0 radical (unpaired) electrons. The first-order valence-corrected chi connectivity index (χ1v) is 9.17. The Hall–Kier alpha value is -0.870. The first-order chi connectivity index (χ1) is 9.56. The summed E-state index contributed by atoms with van der Waals surface area (Å²) in [6.07, 6.45) is 6.66. The van der Waals surface area contributed by atoms with Gasteiger partial charge in [0.25, 0.3) is 0 Å². The Bertz CT molecular complexity index is 454. The lowest BCUT2D eigenvalue weighted by Crippen LogP contribution is -2.20. The van der Waals surface area contributed by atoms with Gasteiger partial charge < -0.3 is 5.11 Å². The van der Waals surface area contributed by atoms with Crippen LogP contribution in [0.15, 0.2) is 35.2 Å². The predicted molar refractivity (Wildman–Crippen MR) is 82.5 cm³/mol. The summed E-state index contributed by atoms with van der Waals surface area (Å²) in [6.45, 7) is 2.18. The van der Waals surface area contributed by atoms with E-state index in [2.05, 4.69) is 6.92 Å². The topological polar surface area (TPSA) is 54.4 Å². The van der Waals surface area contributed by atoms with E-state index in [0.717, 1.165) is 12.8 Å². The molecule has 0 saturated heterocycles. The number of hydrogen-bond acceptors (Lipinski definition) is 3. The van der Waals surface area contributed by atoms with Crippen molar-refractivity contribution in [2.75, 3.05) is 5.75 Å². The van der Waals surface area contributed by atoms with Crippen molar-refractivity contribution in [2.24, 2.45) is 0 Å². The van der Waals surface area contributed by atoms with Crippen LogP contribution in [-0.2, 0) is 9.84 Å². The molecule has 1 N–H and O–H groups in total. The standard InChI is InChI=1S/C16H26O3S/c1-2-3-4-5-6-8-11-15(17)14-20(18,19)16-12-9-7-10-13-16/h7,9-10,12-13,15,17H,2-6,8,11,14H2,1H3/t15-/m0/s1. The zero-order valence-electron chi connectivity index (χ0n) is 12.3. The van der Waals surface area contributed by atoms with Crippen LogP contribution in [0.1, 0.15) is 51.9 Å². The summed E-state index contributed by atoms with van der Waals surface area (Å²) in [6, 6.07) is 8.34. The molecule has 114 valence electrons. The Morgan fingerprint density at radius 2 is 1.60 bits per heavy atom. The molecule has 0 aliphatic carbocycles. The van der Waals surface area contributed by atoms with Gasteiger partial charge in [0, 0.05) is 0 Å². The van der Waals surface area contributed by atoms with Crippen LogP contribution in [0.5, 0.6) is 0 Å². The van der Waals surface area contributed by atoms with E-state index in [9.17, 15) is 13.5 Å². The van der Waals surface area contributed by atoms with Crippen molar-refractivity contribution >= 4 is 9.84 Å². The predicted octanol–water partition coefficient (Wildman–Crippen LogP) is 3.57. The highest BCUT2D eigenvalue weighted by atomic mass is 32.2. The van der Waals surface area contributed by atoms with E-state index in [4.69, 9.17) is 0 Å². The highest BCUT2D eigenvalue weighted by Gasteiger charge is 2.18. The van der Waals surface area contributed by atoms with Crippen LogP contribution in [-0.4, -0.2) is 25.4 Å². The number of hydrogen-bond donors (Lipinski definition) is 1. The van der Waals surface area contributed by atoms with Crippen LogP contribution in [0.2, 0.25) is 0 Å². The maximum Gasteiger partial charge on any atom is 0.180 e. The third kappa shape index (κ3) is 6.53. The van der Waals surface area contributed by atoms with Crippen LogP contribution < -0.4 is 0 Å². The highest BCUT2D eigenvalue weighted by molar-refractivity contribution is 7.91. The molecule has 0 unspecified atom stereocenters. The van der Waals surface area contributed by atoms with E-state index in [-0.39, 0.29) is 5.75 Å². The lowest BCUT2D eigenvalue weighted by Gasteiger charge is -2.11. The summed E-state index contributed by atoms with van der Waals surface area (Å²) in [5, 5.41) is 9.87. The summed E-state index contributed by atoms with van der Waals surface area (Å²) in [4.78, 5) is 0.294. The summed E-state index contributed by atoms with van der Waals surface area (Å²) < 4.78 is 24.1.